The second-order valence-corrected chi connectivity index (χ2v) is 6.10. The molecule has 3 rings (SSSR count). The molecule has 24 heavy (non-hydrogen) atoms. The molecule has 1 aliphatic carbocycles. The molecule has 1 saturated carbocycles. The zero-order valence-corrected chi connectivity index (χ0v) is 14.0. The number of nitrogens with one attached hydrogen (secondary N) is 2. The molecule has 6 nitrogen and oxygen atoms in total. The maximum absolute atomic E-state index is 11.5. The van der Waals surface area contributed by atoms with Crippen molar-refractivity contribution in [1.82, 2.24) is 15.5 Å². The summed E-state index contributed by atoms with van der Waals surface area (Å²) in [6, 6.07) is 11.7. The first-order valence-corrected chi connectivity index (χ1v) is 8.11. The average Bonchev–Trinajstić information content (AvgIpc) is 2.61. The lowest BCUT2D eigenvalue weighted by Gasteiger charge is -2.42. The van der Waals surface area contributed by atoms with Crippen LogP contribution in [0, 0.1) is 0 Å². The highest BCUT2D eigenvalue weighted by molar-refractivity contribution is 5.91. The Labute approximate surface area is 141 Å². The second-order valence-electron chi connectivity index (χ2n) is 6.10. The standard InChI is InChI=1S/C18H22N4O2/c1-19-17(23)15-7-8-16(22-21-15)20-12-18(9-4-10-18)13-5-3-6-14(11-13)24-2/h3,5-8,11H,4,9-10,12H2,1-2H3,(H,19,23)(H,20,22). The van der Waals surface area contributed by atoms with E-state index >= 15 is 0 Å². The summed E-state index contributed by atoms with van der Waals surface area (Å²) in [5.74, 6) is 1.33. The van der Waals surface area contributed by atoms with E-state index in [9.17, 15) is 4.79 Å². The molecule has 0 radical (unpaired) electrons. The molecule has 1 aromatic carbocycles. The number of benzene rings is 1. The highest BCUT2D eigenvalue weighted by Gasteiger charge is 2.38. The van der Waals surface area contributed by atoms with Crippen LogP contribution in [0.5, 0.6) is 5.75 Å². The Bertz CT molecular complexity index is 711. The molecule has 0 unspecified atom stereocenters. The molecule has 0 saturated heterocycles. The number of nitrogens with zero attached hydrogens (tertiary/aromatic N) is 2. The van der Waals surface area contributed by atoms with Gasteiger partial charge in [-0.25, -0.2) is 0 Å². The molecule has 1 fully saturated rings. The van der Waals surface area contributed by atoms with E-state index in [-0.39, 0.29) is 11.3 Å². The summed E-state index contributed by atoms with van der Waals surface area (Å²) < 4.78 is 5.35. The summed E-state index contributed by atoms with van der Waals surface area (Å²) in [7, 11) is 3.26. The van der Waals surface area contributed by atoms with Gasteiger partial charge in [0.1, 0.15) is 11.6 Å². The Morgan fingerprint density at radius 3 is 2.67 bits per heavy atom. The number of carbonyl (C=O) groups excluding carboxylic acids is 1. The molecule has 0 aliphatic heterocycles. The second kappa shape index (κ2) is 6.86. The Kier molecular flexibility index (Phi) is 4.64. The maximum Gasteiger partial charge on any atom is 0.271 e. The lowest BCUT2D eigenvalue weighted by molar-refractivity contribution is 0.0957. The summed E-state index contributed by atoms with van der Waals surface area (Å²) in [5.41, 5.74) is 1.71. The van der Waals surface area contributed by atoms with E-state index in [1.165, 1.54) is 12.0 Å². The van der Waals surface area contributed by atoms with Gasteiger partial charge in [0, 0.05) is 19.0 Å². The van der Waals surface area contributed by atoms with Crippen LogP contribution in [0.15, 0.2) is 36.4 Å². The van der Waals surface area contributed by atoms with Gasteiger partial charge in [0.05, 0.1) is 7.11 Å². The fraction of sp³-hybridized carbons (Fsp3) is 0.389. The Balaban J connectivity index is 1.70. The maximum atomic E-state index is 11.5. The van der Waals surface area contributed by atoms with Crippen molar-refractivity contribution >= 4 is 11.7 Å². The number of amides is 1. The SMILES string of the molecule is CNC(=O)c1ccc(NCC2(c3cccc(OC)c3)CCC2)nn1. The quantitative estimate of drug-likeness (QED) is 0.852. The molecule has 126 valence electrons. The van der Waals surface area contributed by atoms with E-state index in [1.807, 2.05) is 12.1 Å². The first kappa shape index (κ1) is 16.2. The van der Waals surface area contributed by atoms with Crippen LogP contribution in [-0.4, -0.2) is 36.8 Å². The van der Waals surface area contributed by atoms with E-state index in [4.69, 9.17) is 4.74 Å². The van der Waals surface area contributed by atoms with Gasteiger partial charge in [0.2, 0.25) is 0 Å². The van der Waals surface area contributed by atoms with Crippen LogP contribution in [0.4, 0.5) is 5.82 Å². The molecule has 6 heteroatoms. The molecule has 1 heterocycles. The first-order chi connectivity index (χ1) is 11.7. The fourth-order valence-corrected chi connectivity index (χ4v) is 3.06. The van der Waals surface area contributed by atoms with Crippen molar-refractivity contribution in [2.45, 2.75) is 24.7 Å². The van der Waals surface area contributed by atoms with Crippen LogP contribution in [-0.2, 0) is 5.41 Å². The van der Waals surface area contributed by atoms with Gasteiger partial charge in [-0.3, -0.25) is 4.79 Å². The minimum absolute atomic E-state index is 0.107. The predicted octanol–water partition coefficient (Wildman–Crippen LogP) is 2.38. The van der Waals surface area contributed by atoms with Crippen LogP contribution >= 0.6 is 0 Å². The van der Waals surface area contributed by atoms with Gasteiger partial charge in [-0.15, -0.1) is 10.2 Å². The summed E-state index contributed by atoms with van der Waals surface area (Å²) in [6.07, 6.45) is 3.49. The monoisotopic (exact) mass is 326 g/mol. The van der Waals surface area contributed by atoms with E-state index in [1.54, 1.807) is 26.3 Å². The number of hydrogen-bond acceptors (Lipinski definition) is 5. The van der Waals surface area contributed by atoms with Crippen LogP contribution in [0.25, 0.3) is 0 Å². The molecular formula is C18H22N4O2. The van der Waals surface area contributed by atoms with E-state index in [0.717, 1.165) is 25.1 Å². The van der Waals surface area contributed by atoms with Crippen molar-refractivity contribution in [3.8, 4) is 5.75 Å². The first-order valence-electron chi connectivity index (χ1n) is 8.11. The number of aromatic nitrogens is 2. The molecule has 1 aliphatic rings. The number of carbonyl (C=O) groups is 1. The molecule has 0 bridgehead atoms. The van der Waals surface area contributed by atoms with E-state index < -0.39 is 0 Å². The summed E-state index contributed by atoms with van der Waals surface area (Å²) >= 11 is 0. The third-order valence-electron chi connectivity index (χ3n) is 4.72. The van der Waals surface area contributed by atoms with Crippen LogP contribution < -0.4 is 15.4 Å². The van der Waals surface area contributed by atoms with Gasteiger partial charge < -0.3 is 15.4 Å². The van der Waals surface area contributed by atoms with Gasteiger partial charge in [-0.1, -0.05) is 18.6 Å². The van der Waals surface area contributed by atoms with Crippen molar-refractivity contribution in [2.75, 3.05) is 26.0 Å². The number of methoxy groups -OCH3 is 1. The molecular weight excluding hydrogens is 304 g/mol. The molecule has 0 spiro atoms. The van der Waals surface area contributed by atoms with Crippen molar-refractivity contribution in [3.05, 3.63) is 47.7 Å². The number of ether oxygens (including phenoxy) is 1. The average molecular weight is 326 g/mol. The summed E-state index contributed by atoms with van der Waals surface area (Å²) in [6.45, 7) is 0.786. The third-order valence-corrected chi connectivity index (χ3v) is 4.72. The summed E-state index contributed by atoms with van der Waals surface area (Å²) in [5, 5.41) is 13.9. The van der Waals surface area contributed by atoms with Gasteiger partial charge in [0.15, 0.2) is 5.69 Å². The van der Waals surface area contributed by atoms with E-state index in [0.29, 0.717) is 11.5 Å². The van der Waals surface area contributed by atoms with Crippen molar-refractivity contribution in [1.29, 1.82) is 0 Å². The Morgan fingerprint density at radius 2 is 2.08 bits per heavy atom. The zero-order valence-electron chi connectivity index (χ0n) is 14.0. The molecule has 2 aromatic rings. The van der Waals surface area contributed by atoms with Gasteiger partial charge in [-0.05, 0) is 42.7 Å². The van der Waals surface area contributed by atoms with Crippen LogP contribution in [0.2, 0.25) is 0 Å². The molecule has 1 aromatic heterocycles. The van der Waals surface area contributed by atoms with Crippen LogP contribution in [0.1, 0.15) is 35.3 Å². The lowest BCUT2D eigenvalue weighted by Crippen LogP contribution is -2.41. The number of anilines is 1. The van der Waals surface area contributed by atoms with Gasteiger partial charge in [-0.2, -0.15) is 0 Å². The van der Waals surface area contributed by atoms with Crippen molar-refractivity contribution < 1.29 is 9.53 Å². The normalized spacial score (nSPS) is 15.2. The smallest absolute Gasteiger partial charge is 0.271 e. The van der Waals surface area contributed by atoms with Gasteiger partial charge in [0.25, 0.3) is 5.91 Å². The third kappa shape index (κ3) is 3.18. The predicted molar refractivity (Wildman–Crippen MR) is 92.4 cm³/mol. The highest BCUT2D eigenvalue weighted by atomic mass is 16.5. The van der Waals surface area contributed by atoms with Crippen molar-refractivity contribution in [3.63, 3.8) is 0 Å². The van der Waals surface area contributed by atoms with Gasteiger partial charge >= 0.3 is 0 Å². The van der Waals surface area contributed by atoms with E-state index in [2.05, 4.69) is 33.0 Å². The molecule has 0 atom stereocenters. The minimum atomic E-state index is -0.235. The lowest BCUT2D eigenvalue weighted by atomic mass is 9.64. The highest BCUT2D eigenvalue weighted by Crippen LogP contribution is 2.44. The number of hydrogen-bond donors (Lipinski definition) is 2. The Morgan fingerprint density at radius 1 is 1.25 bits per heavy atom. The largest absolute Gasteiger partial charge is 0.497 e. The fourth-order valence-electron chi connectivity index (χ4n) is 3.06. The summed E-state index contributed by atoms with van der Waals surface area (Å²) in [4.78, 5) is 11.5. The van der Waals surface area contributed by atoms with Crippen molar-refractivity contribution in [2.24, 2.45) is 0 Å². The van der Waals surface area contributed by atoms with Crippen LogP contribution in [0.3, 0.4) is 0 Å². The number of rotatable bonds is 6. The minimum Gasteiger partial charge on any atom is -0.497 e. The molecule has 2 N–H and O–H groups in total. The Hall–Kier alpha value is -2.63. The zero-order chi connectivity index (χ0) is 17.0. The molecule has 1 amide bonds. The topological polar surface area (TPSA) is 76.1 Å².